The predicted molar refractivity (Wildman–Crippen MR) is 80.2 cm³/mol. The Morgan fingerprint density at radius 2 is 2.35 bits per heavy atom. The topological polar surface area (TPSA) is 62.2 Å². The number of aromatic nitrogens is 1. The lowest BCUT2D eigenvalue weighted by Gasteiger charge is -2.07. The van der Waals surface area contributed by atoms with Crippen molar-refractivity contribution in [2.75, 3.05) is 11.9 Å². The zero-order valence-corrected chi connectivity index (χ0v) is 12.2. The van der Waals surface area contributed by atoms with E-state index < -0.39 is 0 Å². The maximum atomic E-state index is 12.2. The van der Waals surface area contributed by atoms with E-state index >= 15 is 0 Å². The van der Waals surface area contributed by atoms with Gasteiger partial charge in [0.25, 0.3) is 5.91 Å². The SMILES string of the molecule is Cc1ncsc1C(=O)Nc1cc(Cl)ccc1C#CCO. The van der Waals surface area contributed by atoms with Crippen molar-refractivity contribution in [2.24, 2.45) is 0 Å². The number of nitrogens with zero attached hydrogens (tertiary/aromatic N) is 1. The molecule has 2 N–H and O–H groups in total. The Balaban J connectivity index is 2.31. The van der Waals surface area contributed by atoms with Gasteiger partial charge in [0.2, 0.25) is 0 Å². The molecule has 20 heavy (non-hydrogen) atoms. The summed E-state index contributed by atoms with van der Waals surface area (Å²) in [7, 11) is 0. The van der Waals surface area contributed by atoms with E-state index in [-0.39, 0.29) is 12.5 Å². The Morgan fingerprint density at radius 3 is 3.00 bits per heavy atom. The van der Waals surface area contributed by atoms with Crippen LogP contribution in [0.1, 0.15) is 20.9 Å². The molecule has 2 aromatic rings. The molecule has 1 aromatic heterocycles. The maximum Gasteiger partial charge on any atom is 0.267 e. The molecule has 0 atom stereocenters. The predicted octanol–water partition coefficient (Wildman–Crippen LogP) is 2.70. The molecular weight excluding hydrogens is 296 g/mol. The number of rotatable bonds is 2. The first kappa shape index (κ1) is 14.5. The minimum Gasteiger partial charge on any atom is -0.384 e. The number of hydrogen-bond acceptors (Lipinski definition) is 4. The van der Waals surface area contributed by atoms with Gasteiger partial charge in [-0.15, -0.1) is 11.3 Å². The van der Waals surface area contributed by atoms with Crippen molar-refractivity contribution in [2.45, 2.75) is 6.92 Å². The van der Waals surface area contributed by atoms with Gasteiger partial charge in [-0.05, 0) is 25.1 Å². The number of hydrogen-bond donors (Lipinski definition) is 2. The van der Waals surface area contributed by atoms with Crippen molar-refractivity contribution in [1.29, 1.82) is 0 Å². The minimum absolute atomic E-state index is 0.246. The normalized spacial score (nSPS) is 9.75. The van der Waals surface area contributed by atoms with Crippen molar-refractivity contribution >= 4 is 34.5 Å². The van der Waals surface area contributed by atoms with Crippen LogP contribution in [0.5, 0.6) is 0 Å². The van der Waals surface area contributed by atoms with Gasteiger partial charge in [0.1, 0.15) is 11.5 Å². The summed E-state index contributed by atoms with van der Waals surface area (Å²) in [5.41, 5.74) is 3.40. The molecule has 4 nitrogen and oxygen atoms in total. The van der Waals surface area contributed by atoms with Crippen LogP contribution in [0.3, 0.4) is 0 Å². The van der Waals surface area contributed by atoms with Gasteiger partial charge < -0.3 is 10.4 Å². The second-order valence-electron chi connectivity index (χ2n) is 3.87. The van der Waals surface area contributed by atoms with Crippen molar-refractivity contribution in [1.82, 2.24) is 4.98 Å². The smallest absolute Gasteiger partial charge is 0.267 e. The first-order valence-electron chi connectivity index (χ1n) is 5.72. The third-order valence-corrected chi connectivity index (χ3v) is 3.65. The van der Waals surface area contributed by atoms with E-state index in [0.29, 0.717) is 26.8 Å². The quantitative estimate of drug-likeness (QED) is 0.839. The second kappa shape index (κ2) is 6.53. The second-order valence-corrected chi connectivity index (χ2v) is 5.16. The molecule has 0 aliphatic heterocycles. The van der Waals surface area contributed by atoms with Crippen LogP contribution >= 0.6 is 22.9 Å². The van der Waals surface area contributed by atoms with E-state index in [1.54, 1.807) is 30.6 Å². The number of carbonyl (C=O) groups is 1. The van der Waals surface area contributed by atoms with Gasteiger partial charge in [-0.3, -0.25) is 4.79 Å². The average molecular weight is 307 g/mol. The van der Waals surface area contributed by atoms with Crippen LogP contribution in [0.25, 0.3) is 0 Å². The van der Waals surface area contributed by atoms with E-state index in [2.05, 4.69) is 22.1 Å². The van der Waals surface area contributed by atoms with Crippen LogP contribution in [0.4, 0.5) is 5.69 Å². The maximum absolute atomic E-state index is 12.2. The summed E-state index contributed by atoms with van der Waals surface area (Å²) >= 11 is 7.20. The van der Waals surface area contributed by atoms with E-state index in [4.69, 9.17) is 16.7 Å². The summed E-state index contributed by atoms with van der Waals surface area (Å²) in [5, 5.41) is 12.0. The number of aliphatic hydroxyl groups is 1. The molecule has 1 aromatic carbocycles. The van der Waals surface area contributed by atoms with Gasteiger partial charge >= 0.3 is 0 Å². The van der Waals surface area contributed by atoms with Gasteiger partial charge in [-0.1, -0.05) is 23.4 Å². The zero-order chi connectivity index (χ0) is 14.5. The van der Waals surface area contributed by atoms with E-state index in [1.165, 1.54) is 11.3 Å². The molecule has 0 unspecified atom stereocenters. The molecule has 0 fully saturated rings. The fourth-order valence-corrected chi connectivity index (χ4v) is 2.43. The Labute approximate surface area is 125 Å². The number of anilines is 1. The Kier molecular flexibility index (Phi) is 4.74. The monoisotopic (exact) mass is 306 g/mol. The molecule has 102 valence electrons. The lowest BCUT2D eigenvalue weighted by atomic mass is 10.1. The van der Waals surface area contributed by atoms with Crippen LogP contribution in [-0.4, -0.2) is 22.6 Å². The Bertz CT molecular complexity index is 701. The van der Waals surface area contributed by atoms with Crippen LogP contribution in [-0.2, 0) is 0 Å². The molecule has 0 aliphatic rings. The fourth-order valence-electron chi connectivity index (χ4n) is 1.56. The van der Waals surface area contributed by atoms with E-state index in [0.717, 1.165) is 0 Å². The van der Waals surface area contributed by atoms with Crippen LogP contribution in [0, 0.1) is 18.8 Å². The molecule has 6 heteroatoms. The largest absolute Gasteiger partial charge is 0.384 e. The number of amides is 1. The van der Waals surface area contributed by atoms with Crippen molar-refractivity contribution in [3.05, 3.63) is 44.9 Å². The summed E-state index contributed by atoms with van der Waals surface area (Å²) in [6, 6.07) is 4.99. The number of carbonyl (C=O) groups excluding carboxylic acids is 1. The third kappa shape index (κ3) is 3.36. The third-order valence-electron chi connectivity index (χ3n) is 2.48. The van der Waals surface area contributed by atoms with Gasteiger partial charge in [-0.25, -0.2) is 4.98 Å². The highest BCUT2D eigenvalue weighted by molar-refractivity contribution is 7.12. The molecule has 0 aliphatic carbocycles. The highest BCUT2D eigenvalue weighted by Crippen LogP contribution is 2.22. The van der Waals surface area contributed by atoms with Crippen molar-refractivity contribution in [3.63, 3.8) is 0 Å². The first-order valence-corrected chi connectivity index (χ1v) is 6.98. The fraction of sp³-hybridized carbons (Fsp3) is 0.143. The summed E-state index contributed by atoms with van der Waals surface area (Å²) in [4.78, 5) is 16.7. The van der Waals surface area contributed by atoms with Gasteiger partial charge in [0.05, 0.1) is 16.9 Å². The highest BCUT2D eigenvalue weighted by Gasteiger charge is 2.13. The summed E-state index contributed by atoms with van der Waals surface area (Å²) in [6.45, 7) is 1.53. The lowest BCUT2D eigenvalue weighted by molar-refractivity contribution is 0.103. The van der Waals surface area contributed by atoms with Gasteiger partial charge in [0, 0.05) is 10.6 Å². The number of aliphatic hydroxyl groups excluding tert-OH is 1. The molecular formula is C14H11ClN2O2S. The summed E-state index contributed by atoms with van der Waals surface area (Å²) in [5.74, 6) is 5.06. The molecule has 1 amide bonds. The van der Waals surface area contributed by atoms with Crippen LogP contribution in [0.2, 0.25) is 5.02 Å². The summed E-state index contributed by atoms with van der Waals surface area (Å²) < 4.78 is 0. The zero-order valence-electron chi connectivity index (χ0n) is 10.6. The molecule has 0 saturated carbocycles. The van der Waals surface area contributed by atoms with Crippen LogP contribution < -0.4 is 5.32 Å². The van der Waals surface area contributed by atoms with Crippen LogP contribution in [0.15, 0.2) is 23.7 Å². The summed E-state index contributed by atoms with van der Waals surface area (Å²) in [6.07, 6.45) is 0. The highest BCUT2D eigenvalue weighted by atomic mass is 35.5. The molecule has 2 rings (SSSR count). The van der Waals surface area contributed by atoms with Crippen molar-refractivity contribution < 1.29 is 9.90 Å². The molecule has 1 heterocycles. The number of thiazole rings is 1. The number of halogens is 1. The minimum atomic E-state index is -0.251. The first-order chi connectivity index (χ1) is 9.61. The molecule has 0 saturated heterocycles. The number of benzene rings is 1. The van der Waals surface area contributed by atoms with E-state index in [1.807, 2.05) is 0 Å². The number of aryl methyl sites for hydroxylation is 1. The van der Waals surface area contributed by atoms with Gasteiger partial charge in [0.15, 0.2) is 0 Å². The molecule has 0 bridgehead atoms. The Morgan fingerprint density at radius 1 is 1.55 bits per heavy atom. The molecule has 0 spiro atoms. The Hall–Kier alpha value is -1.87. The molecule has 0 radical (unpaired) electrons. The number of nitrogens with one attached hydrogen (secondary N) is 1. The van der Waals surface area contributed by atoms with Crippen molar-refractivity contribution in [3.8, 4) is 11.8 Å². The standard InChI is InChI=1S/C14H11ClN2O2S/c1-9-13(20-8-16-9)14(19)17-12-7-11(15)5-4-10(12)3-2-6-18/h4-5,7-8,18H,6H2,1H3,(H,17,19). The van der Waals surface area contributed by atoms with E-state index in [9.17, 15) is 4.79 Å². The van der Waals surface area contributed by atoms with Gasteiger partial charge in [-0.2, -0.15) is 0 Å². The lowest BCUT2D eigenvalue weighted by Crippen LogP contribution is -2.12. The average Bonchev–Trinajstić information content (AvgIpc) is 2.84.